The Labute approximate surface area is 509 Å². The molecule has 0 saturated heterocycles. The number of nitrogens with zero attached hydrogens (tertiary/aromatic N) is 4. The third kappa shape index (κ3) is 8.31. The minimum absolute atomic E-state index is 0.421. The van der Waals surface area contributed by atoms with E-state index in [-0.39, 0.29) is 0 Å². The van der Waals surface area contributed by atoms with Crippen LogP contribution in [-0.2, 0) is 0 Å². The Hall–Kier alpha value is -10.3. The van der Waals surface area contributed by atoms with Crippen LogP contribution in [0.4, 0.5) is 0 Å². The summed E-state index contributed by atoms with van der Waals surface area (Å²) in [5.41, 5.74) is 24.2. The van der Waals surface area contributed by atoms with Gasteiger partial charge in [0.2, 0.25) is 0 Å². The molecule has 8 heteroatoms. The number of hydrogen-bond acceptors (Lipinski definition) is 5. The average Bonchev–Trinajstić information content (AvgIpc) is 1.72. The summed E-state index contributed by atoms with van der Waals surface area (Å²) in [4.78, 5) is 4.88. The second-order valence-electron chi connectivity index (χ2n) is 24.3. The van der Waals surface area contributed by atoms with E-state index >= 15 is 0 Å². The molecule has 5 heterocycles. The summed E-state index contributed by atoms with van der Waals surface area (Å²) in [5, 5.41) is 33.6. The monoisotopic (exact) mass is 1140 g/mol. The van der Waals surface area contributed by atoms with Crippen LogP contribution >= 0.6 is 0 Å². The smallest absolute Gasteiger partial charge is 0.144 e. The Balaban J connectivity index is 0.815. The van der Waals surface area contributed by atoms with Crippen LogP contribution in [0.3, 0.4) is 0 Å². The van der Waals surface area contributed by atoms with Crippen molar-refractivity contribution in [1.29, 1.82) is 0 Å². The lowest BCUT2D eigenvalue weighted by Crippen LogP contribution is -2.32. The summed E-state index contributed by atoms with van der Waals surface area (Å²) < 4.78 is 20.1. The van der Waals surface area contributed by atoms with Gasteiger partial charge in [0.25, 0.3) is 0 Å². The van der Waals surface area contributed by atoms with E-state index in [1.807, 2.05) is 24.5 Å². The number of fused-ring (bicyclic) bond motifs is 12. The van der Waals surface area contributed by atoms with E-state index in [0.717, 1.165) is 128 Å². The Kier molecular flexibility index (Phi) is 12.4. The van der Waals surface area contributed by atoms with Crippen molar-refractivity contribution in [2.75, 3.05) is 0 Å². The van der Waals surface area contributed by atoms with E-state index in [1.165, 1.54) is 49.4 Å². The van der Waals surface area contributed by atoms with Gasteiger partial charge < -0.3 is 28.2 Å². The second kappa shape index (κ2) is 20.4. The largest absolute Gasteiger partial charge is 0.456 e. The average molecular weight is 1150 g/mol. The molecule has 0 radical (unpaired) electrons. The number of imidazole rings is 1. The second-order valence-corrected chi connectivity index (χ2v) is 24.3. The van der Waals surface area contributed by atoms with Crippen LogP contribution in [0.5, 0.6) is 0 Å². The third-order valence-electron chi connectivity index (χ3n) is 19.5. The van der Waals surface area contributed by atoms with Crippen LogP contribution < -0.4 is 0 Å². The number of hydrogen-bond donors (Lipinski definition) is 2. The molecule has 16 aromatic rings. The summed E-state index contributed by atoms with van der Waals surface area (Å²) >= 11 is 0. The quantitative estimate of drug-likeness (QED) is 0.135. The van der Waals surface area contributed by atoms with Gasteiger partial charge in [0.15, 0.2) is 0 Å². The van der Waals surface area contributed by atoms with E-state index in [9.17, 15) is 10.2 Å². The molecule has 0 aliphatic rings. The zero-order chi connectivity index (χ0) is 59.8. The first-order chi connectivity index (χ1) is 42.9. The molecule has 0 bridgehead atoms. The molecule has 5 aromatic heterocycles. The Morgan fingerprint density at radius 2 is 0.773 bits per heavy atom. The summed E-state index contributed by atoms with van der Waals surface area (Å²) in [6, 6.07) is 75.3. The molecular formula is C80H64N4O4. The van der Waals surface area contributed by atoms with Gasteiger partial charge in [0.05, 0.1) is 40.0 Å². The number of rotatable bonds is 11. The van der Waals surface area contributed by atoms with Crippen molar-refractivity contribution < 1.29 is 19.0 Å². The van der Waals surface area contributed by atoms with E-state index in [4.69, 9.17) is 13.8 Å². The normalized spacial score (nSPS) is 13.6. The summed E-state index contributed by atoms with van der Waals surface area (Å²) in [6.45, 7) is 14.8. The fourth-order valence-electron chi connectivity index (χ4n) is 14.5. The summed E-state index contributed by atoms with van der Waals surface area (Å²) in [7, 11) is 0. The van der Waals surface area contributed by atoms with Gasteiger partial charge in [0, 0.05) is 84.3 Å². The van der Waals surface area contributed by atoms with Crippen molar-refractivity contribution in [3.05, 3.63) is 264 Å². The summed E-state index contributed by atoms with van der Waals surface area (Å²) in [6.07, 6.45) is 2.05. The lowest BCUT2D eigenvalue weighted by Gasteiger charge is -2.31. The van der Waals surface area contributed by atoms with E-state index < -0.39 is 24.0 Å². The maximum atomic E-state index is 12.9. The lowest BCUT2D eigenvalue weighted by molar-refractivity contribution is 0.0488. The number of benzene rings is 11. The fraction of sp³-hybridized carbons (Fsp3) is 0.138. The Morgan fingerprint density at radius 1 is 0.375 bits per heavy atom. The van der Waals surface area contributed by atoms with Gasteiger partial charge in [-0.15, -0.1) is 0 Å². The molecule has 0 amide bonds. The first-order valence-corrected chi connectivity index (χ1v) is 30.5. The molecule has 8 nitrogen and oxygen atoms in total. The van der Waals surface area contributed by atoms with Gasteiger partial charge in [0.1, 0.15) is 28.2 Å². The predicted molar refractivity (Wildman–Crippen MR) is 362 cm³/mol. The first-order valence-electron chi connectivity index (χ1n) is 30.5. The SMILES string of the molecule is Cc1c(C)c(C)c(-n2ccnc2-c2ccc(C(C(C)O)C(O)C(C)c3cc(-c4ccc5oc6ccc(-n7c8ccccc8c8ccccc87)cc6c5c4)cc(-c4ccc5oc6ccc(-n7c8ccccc8c8ccccc87)cc6c5c4)c3)cc2)c(C)c1C. The third-order valence-corrected chi connectivity index (χ3v) is 19.5. The number of furan rings is 2. The Bertz CT molecular complexity index is 5110. The van der Waals surface area contributed by atoms with Crippen LogP contribution in [0.25, 0.3) is 138 Å². The zero-order valence-corrected chi connectivity index (χ0v) is 50.2. The van der Waals surface area contributed by atoms with Crippen molar-refractivity contribution >= 4 is 87.5 Å². The van der Waals surface area contributed by atoms with Crippen molar-refractivity contribution in [3.8, 4) is 50.7 Å². The van der Waals surface area contributed by atoms with Gasteiger partial charge in [-0.05, 0) is 194 Å². The molecule has 4 unspecified atom stereocenters. The van der Waals surface area contributed by atoms with Gasteiger partial charge in [-0.25, -0.2) is 4.98 Å². The molecule has 0 fully saturated rings. The van der Waals surface area contributed by atoms with Crippen LogP contribution in [0, 0.1) is 34.6 Å². The van der Waals surface area contributed by atoms with Gasteiger partial charge in [-0.2, -0.15) is 0 Å². The van der Waals surface area contributed by atoms with Crippen LogP contribution in [0.2, 0.25) is 0 Å². The molecule has 0 aliphatic heterocycles. The molecule has 428 valence electrons. The van der Waals surface area contributed by atoms with Crippen LogP contribution in [-0.4, -0.2) is 41.1 Å². The molecular weight excluding hydrogens is 1080 g/mol. The van der Waals surface area contributed by atoms with Gasteiger partial charge in [-0.3, -0.25) is 4.57 Å². The molecule has 88 heavy (non-hydrogen) atoms. The number of aromatic nitrogens is 4. The number of aliphatic hydroxyl groups excluding tert-OH is 2. The van der Waals surface area contributed by atoms with E-state index in [0.29, 0.717) is 0 Å². The van der Waals surface area contributed by atoms with Crippen molar-refractivity contribution in [2.45, 2.75) is 72.5 Å². The highest BCUT2D eigenvalue weighted by Gasteiger charge is 2.32. The van der Waals surface area contributed by atoms with Crippen molar-refractivity contribution in [3.63, 3.8) is 0 Å². The summed E-state index contributed by atoms with van der Waals surface area (Å²) in [5.74, 6) is -0.199. The van der Waals surface area contributed by atoms with Crippen LogP contribution in [0.1, 0.15) is 64.6 Å². The highest BCUT2D eigenvalue weighted by molar-refractivity contribution is 6.13. The molecule has 2 N–H and O–H groups in total. The predicted octanol–water partition coefficient (Wildman–Crippen LogP) is 20.0. The van der Waals surface area contributed by atoms with Gasteiger partial charge >= 0.3 is 0 Å². The highest BCUT2D eigenvalue weighted by atomic mass is 16.3. The van der Waals surface area contributed by atoms with E-state index in [2.05, 4.69) is 255 Å². The first kappa shape index (κ1) is 53.2. The lowest BCUT2D eigenvalue weighted by atomic mass is 9.79. The maximum absolute atomic E-state index is 12.9. The standard InChI is InChI=1S/C80H64N4O4/c1-45-46(2)48(4)78(49(5)47(45)3)82-37-36-81-80(82)53-26-24-52(25-27-53)77(51(7)85)79(86)50(6)56-38-57(54-28-32-73-65(41-54)67-43-59(30-34-75(67)87-73)83-69-20-12-8-16-61(69)62-17-9-13-21-70(62)83)40-58(39-56)55-29-33-74-66(42-55)68-44-60(31-35-76(68)88-74)84-71-22-14-10-18-63(71)64-19-11-15-23-72(64)84/h8-44,50-51,77,79,85-86H,1-7H3. The van der Waals surface area contributed by atoms with Gasteiger partial charge in [-0.1, -0.05) is 128 Å². The minimum Gasteiger partial charge on any atom is -0.456 e. The molecule has 4 atom stereocenters. The number of aliphatic hydroxyl groups is 2. The van der Waals surface area contributed by atoms with Crippen LogP contribution in [0.15, 0.2) is 234 Å². The number of para-hydroxylation sites is 4. The topological polar surface area (TPSA) is 94.4 Å². The highest BCUT2D eigenvalue weighted by Crippen LogP contribution is 2.43. The van der Waals surface area contributed by atoms with Crippen molar-refractivity contribution in [1.82, 2.24) is 18.7 Å². The maximum Gasteiger partial charge on any atom is 0.144 e. The zero-order valence-electron chi connectivity index (χ0n) is 50.2. The van der Waals surface area contributed by atoms with E-state index in [1.54, 1.807) is 6.92 Å². The molecule has 16 rings (SSSR count). The fourth-order valence-corrected chi connectivity index (χ4v) is 14.5. The molecule has 0 spiro atoms. The Morgan fingerprint density at radius 3 is 1.22 bits per heavy atom. The minimum atomic E-state index is -0.973. The molecule has 0 saturated carbocycles. The van der Waals surface area contributed by atoms with Crippen molar-refractivity contribution in [2.24, 2.45) is 0 Å². The molecule has 11 aromatic carbocycles. The molecule has 0 aliphatic carbocycles.